The predicted octanol–water partition coefficient (Wildman–Crippen LogP) is 5.05. The van der Waals surface area contributed by atoms with Crippen LogP contribution in [0.2, 0.25) is 0 Å². The Morgan fingerprint density at radius 3 is 2.35 bits per heavy atom. The molecule has 3 heteroatoms. The molecule has 2 nitrogen and oxygen atoms in total. The maximum absolute atomic E-state index is 5.99. The van der Waals surface area contributed by atoms with E-state index in [1.165, 1.54) is 11.1 Å². The molecule has 0 fully saturated rings. The number of rotatable bonds is 6. The number of imidazole rings is 1. The van der Waals surface area contributed by atoms with E-state index in [1.807, 2.05) is 0 Å². The molecule has 1 heterocycles. The average Bonchev–Trinajstić information content (AvgIpc) is 2.80. The molecule has 0 bridgehead atoms. The molecule has 0 aliphatic rings. The minimum absolute atomic E-state index is 0.158. The van der Waals surface area contributed by atoms with Gasteiger partial charge in [-0.2, -0.15) is 0 Å². The third kappa shape index (κ3) is 2.46. The highest BCUT2D eigenvalue weighted by molar-refractivity contribution is 6.17. The molecule has 0 N–H and O–H groups in total. The summed E-state index contributed by atoms with van der Waals surface area (Å²) in [7, 11) is 0. The van der Waals surface area contributed by atoms with Gasteiger partial charge in [0.05, 0.1) is 11.0 Å². The molecule has 0 amide bonds. The van der Waals surface area contributed by atoms with E-state index in [0.29, 0.717) is 5.88 Å². The second-order valence-electron chi connectivity index (χ2n) is 5.58. The zero-order valence-electron chi connectivity index (χ0n) is 13.0. The van der Waals surface area contributed by atoms with Gasteiger partial charge >= 0.3 is 0 Å². The Hall–Kier alpha value is -1.02. The van der Waals surface area contributed by atoms with Gasteiger partial charge in [0.2, 0.25) is 0 Å². The molecule has 0 spiro atoms. The number of hydrogen-bond acceptors (Lipinski definition) is 1. The third-order valence-corrected chi connectivity index (χ3v) is 4.84. The van der Waals surface area contributed by atoms with E-state index in [-0.39, 0.29) is 5.54 Å². The van der Waals surface area contributed by atoms with Gasteiger partial charge in [0, 0.05) is 17.8 Å². The van der Waals surface area contributed by atoms with E-state index < -0.39 is 0 Å². The maximum atomic E-state index is 5.99. The number of aryl methyl sites for hydroxylation is 2. The Balaban J connectivity index is 2.73. The van der Waals surface area contributed by atoms with Crippen LogP contribution in [-0.4, -0.2) is 15.4 Å². The second-order valence-corrected chi connectivity index (χ2v) is 5.96. The maximum Gasteiger partial charge on any atom is 0.111 e. The normalized spacial score (nSPS) is 12.2. The van der Waals surface area contributed by atoms with Crippen LogP contribution in [0, 0.1) is 6.92 Å². The van der Waals surface area contributed by atoms with Gasteiger partial charge in [0.25, 0.3) is 0 Å². The van der Waals surface area contributed by atoms with Crippen molar-refractivity contribution in [2.24, 2.45) is 0 Å². The number of benzene rings is 1. The molecule has 0 radical (unpaired) electrons. The molecule has 0 aliphatic heterocycles. The summed E-state index contributed by atoms with van der Waals surface area (Å²) in [5.74, 6) is 1.75. The molecule has 0 atom stereocenters. The molecular weight excluding hydrogens is 268 g/mol. The molecule has 0 saturated carbocycles. The first kappa shape index (κ1) is 15.4. The zero-order chi connectivity index (χ0) is 14.8. The zero-order valence-corrected chi connectivity index (χ0v) is 13.8. The predicted molar refractivity (Wildman–Crippen MR) is 87.7 cm³/mol. The van der Waals surface area contributed by atoms with Gasteiger partial charge in [-0.3, -0.25) is 0 Å². The molecule has 2 rings (SSSR count). The standard InChI is InChI=1S/C17H25ClN2/c1-5-17(6-2,7-3)20-15-9-8-13(4)12-14(15)19-16(20)10-11-18/h8-9,12H,5-7,10-11H2,1-4H3. The molecule has 0 aliphatic carbocycles. The minimum atomic E-state index is 0.158. The number of halogens is 1. The number of hydrogen-bond donors (Lipinski definition) is 0. The van der Waals surface area contributed by atoms with E-state index in [2.05, 4.69) is 50.5 Å². The average molecular weight is 293 g/mol. The first-order valence-corrected chi connectivity index (χ1v) is 8.19. The van der Waals surface area contributed by atoms with Gasteiger partial charge in [0.1, 0.15) is 5.82 Å². The van der Waals surface area contributed by atoms with Crippen LogP contribution in [0.15, 0.2) is 18.2 Å². The van der Waals surface area contributed by atoms with Crippen molar-refractivity contribution < 1.29 is 0 Å². The van der Waals surface area contributed by atoms with Crippen molar-refractivity contribution in [1.82, 2.24) is 9.55 Å². The van der Waals surface area contributed by atoms with Crippen molar-refractivity contribution in [2.45, 2.75) is 58.9 Å². The number of nitrogens with zero attached hydrogens (tertiary/aromatic N) is 2. The molecule has 0 unspecified atom stereocenters. The van der Waals surface area contributed by atoms with E-state index in [0.717, 1.165) is 37.0 Å². The number of alkyl halides is 1. The Morgan fingerprint density at radius 2 is 1.80 bits per heavy atom. The van der Waals surface area contributed by atoms with E-state index in [1.54, 1.807) is 0 Å². The van der Waals surface area contributed by atoms with Crippen molar-refractivity contribution in [3.05, 3.63) is 29.6 Å². The molecule has 110 valence electrons. The fraction of sp³-hybridized carbons (Fsp3) is 0.588. The summed E-state index contributed by atoms with van der Waals surface area (Å²) in [6.45, 7) is 8.94. The van der Waals surface area contributed by atoms with Gasteiger partial charge in [-0.15, -0.1) is 11.6 Å². The first-order chi connectivity index (χ1) is 9.61. The molecule has 0 saturated heterocycles. The second kappa shape index (κ2) is 6.17. The highest BCUT2D eigenvalue weighted by Gasteiger charge is 2.30. The SMILES string of the molecule is CCC(CC)(CC)n1c(CCCl)nc2cc(C)ccc21. The summed E-state index contributed by atoms with van der Waals surface area (Å²) >= 11 is 5.99. The molecule has 2 aromatic rings. The number of fused-ring (bicyclic) bond motifs is 1. The van der Waals surface area contributed by atoms with Gasteiger partial charge in [-0.05, 0) is 43.9 Å². The Morgan fingerprint density at radius 1 is 1.15 bits per heavy atom. The topological polar surface area (TPSA) is 17.8 Å². The van der Waals surface area contributed by atoms with Crippen molar-refractivity contribution >= 4 is 22.6 Å². The quantitative estimate of drug-likeness (QED) is 0.681. The fourth-order valence-electron chi connectivity index (χ4n) is 3.25. The van der Waals surface area contributed by atoms with Crippen molar-refractivity contribution in [1.29, 1.82) is 0 Å². The largest absolute Gasteiger partial charge is 0.322 e. The fourth-order valence-corrected chi connectivity index (χ4v) is 3.42. The lowest BCUT2D eigenvalue weighted by Gasteiger charge is -2.34. The van der Waals surface area contributed by atoms with E-state index in [9.17, 15) is 0 Å². The molecule has 20 heavy (non-hydrogen) atoms. The third-order valence-electron chi connectivity index (χ3n) is 4.65. The van der Waals surface area contributed by atoms with Gasteiger partial charge < -0.3 is 4.57 Å². The Kier molecular flexibility index (Phi) is 4.74. The molecule has 1 aromatic carbocycles. The first-order valence-electron chi connectivity index (χ1n) is 7.66. The summed E-state index contributed by atoms with van der Waals surface area (Å²) in [6.07, 6.45) is 4.19. The smallest absolute Gasteiger partial charge is 0.111 e. The van der Waals surface area contributed by atoms with E-state index in [4.69, 9.17) is 16.6 Å². The molecular formula is C17H25ClN2. The highest BCUT2D eigenvalue weighted by atomic mass is 35.5. The summed E-state index contributed by atoms with van der Waals surface area (Å²) in [4.78, 5) is 4.85. The summed E-state index contributed by atoms with van der Waals surface area (Å²) in [5, 5.41) is 0. The van der Waals surface area contributed by atoms with Crippen molar-refractivity contribution in [3.8, 4) is 0 Å². The van der Waals surface area contributed by atoms with Crippen molar-refractivity contribution in [3.63, 3.8) is 0 Å². The van der Waals surface area contributed by atoms with Crippen LogP contribution >= 0.6 is 11.6 Å². The van der Waals surface area contributed by atoms with Gasteiger partial charge in [-0.25, -0.2) is 4.98 Å². The highest BCUT2D eigenvalue weighted by Crippen LogP contribution is 2.34. The van der Waals surface area contributed by atoms with Crippen molar-refractivity contribution in [2.75, 3.05) is 5.88 Å². The lowest BCUT2D eigenvalue weighted by molar-refractivity contribution is 0.251. The summed E-state index contributed by atoms with van der Waals surface area (Å²) in [6, 6.07) is 6.57. The van der Waals surface area contributed by atoms with Gasteiger partial charge in [-0.1, -0.05) is 26.8 Å². The van der Waals surface area contributed by atoms with Crippen LogP contribution in [0.4, 0.5) is 0 Å². The molecule has 1 aromatic heterocycles. The van der Waals surface area contributed by atoms with Gasteiger partial charge in [0.15, 0.2) is 0 Å². The summed E-state index contributed by atoms with van der Waals surface area (Å²) < 4.78 is 2.46. The Bertz CT molecular complexity index is 574. The van der Waals surface area contributed by atoms with Crippen LogP contribution < -0.4 is 0 Å². The summed E-state index contributed by atoms with van der Waals surface area (Å²) in [5.41, 5.74) is 3.77. The van der Waals surface area contributed by atoms with Crippen LogP contribution in [0.25, 0.3) is 11.0 Å². The van der Waals surface area contributed by atoms with Crippen LogP contribution in [-0.2, 0) is 12.0 Å². The monoisotopic (exact) mass is 292 g/mol. The Labute approximate surface area is 127 Å². The van der Waals surface area contributed by atoms with E-state index >= 15 is 0 Å². The van der Waals surface area contributed by atoms with Crippen LogP contribution in [0.1, 0.15) is 51.4 Å². The lowest BCUT2D eigenvalue weighted by atomic mass is 9.89. The lowest BCUT2D eigenvalue weighted by Crippen LogP contribution is -2.33. The minimum Gasteiger partial charge on any atom is -0.322 e. The van der Waals surface area contributed by atoms with Crippen LogP contribution in [0.5, 0.6) is 0 Å². The van der Waals surface area contributed by atoms with Crippen LogP contribution in [0.3, 0.4) is 0 Å². The number of aromatic nitrogens is 2.